The molecule has 0 aromatic heterocycles. The molecule has 0 radical (unpaired) electrons. The molecule has 0 heterocycles. The number of ether oxygens (including phenoxy) is 1. The number of rotatable bonds is 13. The highest BCUT2D eigenvalue weighted by atomic mass is 16.6. The van der Waals surface area contributed by atoms with Crippen LogP contribution in [-0.4, -0.2) is 23.3 Å². The summed E-state index contributed by atoms with van der Waals surface area (Å²) in [7, 11) is 0. The second-order valence-corrected chi connectivity index (χ2v) is 7.59. The van der Waals surface area contributed by atoms with Crippen LogP contribution in [0.1, 0.15) is 110 Å². The number of hydrogen-bond acceptors (Lipinski definition) is 3. The predicted molar refractivity (Wildman–Crippen MR) is 105 cm³/mol. The van der Waals surface area contributed by atoms with Gasteiger partial charge >= 0.3 is 5.97 Å². The van der Waals surface area contributed by atoms with Crippen molar-refractivity contribution in [1.29, 1.82) is 0 Å². The molecule has 1 aliphatic carbocycles. The predicted octanol–water partition coefficient (Wildman–Crippen LogP) is 6.09. The molecule has 0 aliphatic heterocycles. The Labute approximate surface area is 155 Å². The second-order valence-electron chi connectivity index (χ2n) is 7.59. The van der Waals surface area contributed by atoms with Crippen molar-refractivity contribution in [1.82, 2.24) is 0 Å². The molecule has 0 unspecified atom stereocenters. The van der Waals surface area contributed by atoms with E-state index in [-0.39, 0.29) is 5.97 Å². The number of carbonyl (C=O) groups excluding carboxylic acids is 1. The third-order valence-electron chi connectivity index (χ3n) is 5.19. The highest BCUT2D eigenvalue weighted by molar-refractivity contribution is 5.66. The van der Waals surface area contributed by atoms with Gasteiger partial charge in [-0.1, -0.05) is 77.2 Å². The summed E-state index contributed by atoms with van der Waals surface area (Å²) < 4.78 is 5.32. The van der Waals surface area contributed by atoms with Crippen LogP contribution in [0.2, 0.25) is 0 Å². The maximum absolute atomic E-state index is 11.2. The minimum Gasteiger partial charge on any atom is -0.455 e. The normalized spacial score (nSPS) is 22.3. The monoisotopic (exact) mass is 352 g/mol. The minimum atomic E-state index is -0.527. The van der Waals surface area contributed by atoms with Gasteiger partial charge in [-0.25, -0.2) is 0 Å². The molecule has 1 saturated carbocycles. The molecule has 25 heavy (non-hydrogen) atoms. The van der Waals surface area contributed by atoms with Crippen LogP contribution < -0.4 is 0 Å². The summed E-state index contributed by atoms with van der Waals surface area (Å²) in [5, 5.41) is 10.1. The summed E-state index contributed by atoms with van der Waals surface area (Å²) in [5.41, 5.74) is 1.13. The molecule has 0 amide bonds. The van der Waals surface area contributed by atoms with Crippen molar-refractivity contribution >= 4 is 5.97 Å². The van der Waals surface area contributed by atoms with E-state index in [1.54, 1.807) is 0 Å². The van der Waals surface area contributed by atoms with E-state index in [0.29, 0.717) is 0 Å². The lowest BCUT2D eigenvalue weighted by atomic mass is 9.88. The van der Waals surface area contributed by atoms with Gasteiger partial charge in [-0.05, 0) is 37.7 Å². The molecular formula is C22H40O3. The Hall–Kier alpha value is -0.830. The van der Waals surface area contributed by atoms with Gasteiger partial charge in [-0.2, -0.15) is 0 Å². The van der Waals surface area contributed by atoms with E-state index >= 15 is 0 Å². The van der Waals surface area contributed by atoms with Crippen LogP contribution in [0.15, 0.2) is 11.6 Å². The van der Waals surface area contributed by atoms with Crippen LogP contribution in [0.3, 0.4) is 0 Å². The van der Waals surface area contributed by atoms with Gasteiger partial charge in [0.2, 0.25) is 0 Å². The minimum absolute atomic E-state index is 0.299. The largest absolute Gasteiger partial charge is 0.455 e. The van der Waals surface area contributed by atoms with Gasteiger partial charge in [0.25, 0.3) is 0 Å². The molecule has 2 atom stereocenters. The van der Waals surface area contributed by atoms with Crippen LogP contribution >= 0.6 is 0 Å². The Morgan fingerprint density at radius 2 is 1.60 bits per heavy atom. The SMILES string of the molecule is CCCCCCCCCCCCC/C=C1/CCC[C@H](O)[C@H]1OC(C)=O. The van der Waals surface area contributed by atoms with E-state index in [9.17, 15) is 9.90 Å². The Balaban J connectivity index is 2.07. The van der Waals surface area contributed by atoms with Crippen molar-refractivity contribution in [3.8, 4) is 0 Å². The fourth-order valence-corrected chi connectivity index (χ4v) is 3.70. The fraction of sp³-hybridized carbons (Fsp3) is 0.864. The summed E-state index contributed by atoms with van der Waals surface area (Å²) in [5.74, 6) is -0.299. The van der Waals surface area contributed by atoms with Crippen molar-refractivity contribution in [2.24, 2.45) is 0 Å². The zero-order chi connectivity index (χ0) is 18.3. The maximum atomic E-state index is 11.2. The number of unbranched alkanes of at least 4 members (excludes halogenated alkanes) is 11. The molecule has 1 N–H and O–H groups in total. The average Bonchev–Trinajstić information content (AvgIpc) is 2.58. The maximum Gasteiger partial charge on any atom is 0.303 e. The number of hydrogen-bond donors (Lipinski definition) is 1. The van der Waals surface area contributed by atoms with E-state index in [1.807, 2.05) is 0 Å². The van der Waals surface area contributed by atoms with E-state index < -0.39 is 12.2 Å². The second kappa shape index (κ2) is 14.4. The first kappa shape index (κ1) is 22.2. The quantitative estimate of drug-likeness (QED) is 0.248. The van der Waals surface area contributed by atoms with Crippen molar-refractivity contribution in [3.63, 3.8) is 0 Å². The first-order chi connectivity index (χ1) is 12.1. The van der Waals surface area contributed by atoms with Gasteiger partial charge < -0.3 is 9.84 Å². The molecule has 1 fully saturated rings. The standard InChI is InChI=1S/C22H40O3/c1-3-4-5-6-7-8-9-10-11-12-13-14-16-20-17-15-18-21(24)22(20)25-19(2)23/h16,21-22,24H,3-15,17-18H2,1-2H3/b20-16-/t21-,22-/m0/s1. The van der Waals surface area contributed by atoms with Crippen LogP contribution in [0, 0.1) is 0 Å². The van der Waals surface area contributed by atoms with E-state index in [4.69, 9.17) is 4.74 Å². The van der Waals surface area contributed by atoms with Gasteiger partial charge in [0.15, 0.2) is 0 Å². The summed E-state index contributed by atoms with van der Waals surface area (Å²) in [4.78, 5) is 11.2. The zero-order valence-electron chi connectivity index (χ0n) is 16.6. The topological polar surface area (TPSA) is 46.5 Å². The van der Waals surface area contributed by atoms with Gasteiger partial charge in [0.1, 0.15) is 6.10 Å². The Morgan fingerprint density at radius 3 is 2.16 bits per heavy atom. The molecule has 1 aliphatic rings. The third kappa shape index (κ3) is 10.7. The summed E-state index contributed by atoms with van der Waals surface area (Å²) in [6.07, 6.45) is 19.9. The number of esters is 1. The molecule has 0 saturated heterocycles. The van der Waals surface area contributed by atoms with E-state index in [1.165, 1.54) is 77.6 Å². The van der Waals surface area contributed by atoms with Crippen molar-refractivity contribution in [2.75, 3.05) is 0 Å². The van der Waals surface area contributed by atoms with E-state index in [2.05, 4.69) is 13.0 Å². The number of allylic oxidation sites excluding steroid dienone is 1. The molecule has 146 valence electrons. The lowest BCUT2D eigenvalue weighted by Gasteiger charge is -2.29. The number of aliphatic hydroxyl groups is 1. The zero-order valence-corrected chi connectivity index (χ0v) is 16.6. The Morgan fingerprint density at radius 1 is 1.04 bits per heavy atom. The summed E-state index contributed by atoms with van der Waals surface area (Å²) in [6, 6.07) is 0. The van der Waals surface area contributed by atoms with Gasteiger partial charge in [-0.15, -0.1) is 0 Å². The van der Waals surface area contributed by atoms with E-state index in [0.717, 1.165) is 31.3 Å². The van der Waals surface area contributed by atoms with Crippen LogP contribution in [0.4, 0.5) is 0 Å². The molecule has 3 nitrogen and oxygen atoms in total. The fourth-order valence-electron chi connectivity index (χ4n) is 3.70. The van der Waals surface area contributed by atoms with Crippen LogP contribution in [0.5, 0.6) is 0 Å². The highest BCUT2D eigenvalue weighted by Crippen LogP contribution is 2.27. The molecule has 0 bridgehead atoms. The molecule has 0 aromatic carbocycles. The van der Waals surface area contributed by atoms with Crippen molar-refractivity contribution < 1.29 is 14.6 Å². The third-order valence-corrected chi connectivity index (χ3v) is 5.19. The van der Waals surface area contributed by atoms with Gasteiger partial charge in [0.05, 0.1) is 6.10 Å². The van der Waals surface area contributed by atoms with Gasteiger partial charge in [-0.3, -0.25) is 4.79 Å². The Kier molecular flexibility index (Phi) is 12.8. The summed E-state index contributed by atoms with van der Waals surface area (Å²) >= 11 is 0. The lowest BCUT2D eigenvalue weighted by Crippen LogP contribution is -2.35. The van der Waals surface area contributed by atoms with Crippen molar-refractivity contribution in [2.45, 2.75) is 122 Å². The number of aliphatic hydroxyl groups excluding tert-OH is 1. The number of carbonyl (C=O) groups is 1. The molecule has 1 rings (SSSR count). The van der Waals surface area contributed by atoms with Crippen LogP contribution in [-0.2, 0) is 9.53 Å². The van der Waals surface area contributed by atoms with Gasteiger partial charge in [0, 0.05) is 6.92 Å². The van der Waals surface area contributed by atoms with Crippen LogP contribution in [0.25, 0.3) is 0 Å². The van der Waals surface area contributed by atoms with Crippen molar-refractivity contribution in [3.05, 3.63) is 11.6 Å². The molecular weight excluding hydrogens is 312 g/mol. The summed E-state index contributed by atoms with van der Waals surface area (Å²) in [6.45, 7) is 3.69. The Bertz CT molecular complexity index is 375. The molecule has 0 spiro atoms. The smallest absolute Gasteiger partial charge is 0.303 e. The highest BCUT2D eigenvalue weighted by Gasteiger charge is 2.29. The first-order valence-electron chi connectivity index (χ1n) is 10.7. The average molecular weight is 353 g/mol. The molecule has 0 aromatic rings. The molecule has 3 heteroatoms. The lowest BCUT2D eigenvalue weighted by molar-refractivity contribution is -0.150. The first-order valence-corrected chi connectivity index (χ1v) is 10.7.